The Hall–Kier alpha value is -1.89. The van der Waals surface area contributed by atoms with Gasteiger partial charge in [-0.2, -0.15) is 0 Å². The van der Waals surface area contributed by atoms with E-state index in [9.17, 15) is 4.57 Å². The van der Waals surface area contributed by atoms with Gasteiger partial charge in [-0.15, -0.1) is 4.52 Å². The van der Waals surface area contributed by atoms with Gasteiger partial charge in [0.05, 0.1) is 19.6 Å². The van der Waals surface area contributed by atoms with E-state index in [-0.39, 0.29) is 18.6 Å². The van der Waals surface area contributed by atoms with Crippen LogP contribution in [0.3, 0.4) is 0 Å². The first-order valence-electron chi connectivity index (χ1n) is 15.8. The van der Waals surface area contributed by atoms with Crippen molar-refractivity contribution in [1.82, 2.24) is 10.2 Å². The molecular weight excluding hydrogens is 521 g/mol. The highest BCUT2D eigenvalue weighted by Gasteiger charge is 2.35. The van der Waals surface area contributed by atoms with Crippen LogP contribution in [0.15, 0.2) is 39.4 Å². The van der Waals surface area contributed by atoms with Gasteiger partial charge in [-0.25, -0.2) is 9.98 Å². The zero-order valence-corrected chi connectivity index (χ0v) is 26.2. The smallest absolute Gasteiger partial charge is 0.346 e. The monoisotopic (exact) mass is 576 g/mol. The van der Waals surface area contributed by atoms with E-state index in [1.54, 1.807) is 12.7 Å². The number of nitrogens with one attached hydrogen (secondary N) is 1. The second-order valence-electron chi connectivity index (χ2n) is 10.7. The Balaban J connectivity index is 1.45. The number of ether oxygens (including phenoxy) is 1. The summed E-state index contributed by atoms with van der Waals surface area (Å²) in [5.74, 6) is 0.796. The molecule has 0 aromatic carbocycles. The van der Waals surface area contributed by atoms with Gasteiger partial charge in [0, 0.05) is 12.2 Å². The third-order valence-electron chi connectivity index (χ3n) is 7.20. The van der Waals surface area contributed by atoms with Crippen molar-refractivity contribution < 1.29 is 13.8 Å². The maximum absolute atomic E-state index is 11.6. The zero-order valence-electron chi connectivity index (χ0n) is 25.3. The van der Waals surface area contributed by atoms with Crippen LogP contribution in [0.5, 0.6) is 0 Å². The second-order valence-corrected chi connectivity index (χ2v) is 11.9. The van der Waals surface area contributed by atoms with Gasteiger partial charge < -0.3 is 15.0 Å². The Morgan fingerprint density at radius 3 is 2.30 bits per heavy atom. The third kappa shape index (κ3) is 15.2. The molecule has 1 N–H and O–H groups in total. The normalized spacial score (nSPS) is 18.4. The molecule has 0 aliphatic carbocycles. The van der Waals surface area contributed by atoms with E-state index < -0.39 is 8.03 Å². The number of aliphatic imine (C=N–C) groups is 3. The molecule has 2 aliphatic heterocycles. The summed E-state index contributed by atoms with van der Waals surface area (Å²) in [6.45, 7) is 9.78. The van der Waals surface area contributed by atoms with Gasteiger partial charge in [0.2, 0.25) is 0 Å². The number of nitrogens with zero attached hydrogens (tertiary/aromatic N) is 4. The minimum atomic E-state index is -1.75. The maximum Gasteiger partial charge on any atom is 0.537 e. The lowest BCUT2D eigenvalue weighted by molar-refractivity contribution is 0.144. The molecule has 2 rings (SSSR count). The molecule has 0 radical (unpaired) electrons. The molecule has 2 aliphatic rings. The van der Waals surface area contributed by atoms with E-state index >= 15 is 0 Å². The molecule has 2 heterocycles. The molecule has 0 spiro atoms. The van der Waals surface area contributed by atoms with Crippen molar-refractivity contribution in [3.8, 4) is 0 Å². The molecular formula is C31H55N5O3P+. The molecule has 0 aromatic rings. The Kier molecular flexibility index (Phi) is 19.5. The number of fused-ring (bicyclic) bond motifs is 1. The van der Waals surface area contributed by atoms with E-state index in [2.05, 4.69) is 45.9 Å². The predicted octanol–water partition coefficient (Wildman–Crippen LogP) is 8.14. The average Bonchev–Trinajstić information content (AvgIpc) is 3.37. The van der Waals surface area contributed by atoms with Crippen LogP contribution in [-0.4, -0.2) is 61.7 Å². The fourth-order valence-electron chi connectivity index (χ4n) is 4.90. The highest BCUT2D eigenvalue weighted by Crippen LogP contribution is 2.22. The standard InChI is InChI=1S/C31H55N5O3P/c1-4-6-7-8-9-10-11-12-13-14-15-16-17-18-19-20-21-22-28(3)35-30-29-31(33-25-32-30)36(26-34-29)23-24-38-27-40(37)39-5-2/h12-13,25-26,29,31H,3-11,14-24,27H2,1-2H3,(H,32,33,35)/q+1/b13-12-. The lowest BCUT2D eigenvalue weighted by atomic mass is 10.1. The van der Waals surface area contributed by atoms with Crippen LogP contribution in [0.25, 0.3) is 0 Å². The Bertz CT molecular complexity index is 830. The van der Waals surface area contributed by atoms with Crippen molar-refractivity contribution in [1.29, 1.82) is 0 Å². The molecule has 0 saturated carbocycles. The van der Waals surface area contributed by atoms with Crippen molar-refractivity contribution in [3.63, 3.8) is 0 Å². The van der Waals surface area contributed by atoms with Gasteiger partial charge in [-0.3, -0.25) is 4.99 Å². The summed E-state index contributed by atoms with van der Waals surface area (Å²) in [4.78, 5) is 15.6. The molecule has 8 nitrogen and oxygen atoms in total. The molecule has 9 heteroatoms. The highest BCUT2D eigenvalue weighted by molar-refractivity contribution is 7.38. The largest absolute Gasteiger partial charge is 0.537 e. The minimum absolute atomic E-state index is 0.108. The quantitative estimate of drug-likeness (QED) is 0.0673. The highest BCUT2D eigenvalue weighted by atomic mass is 31.1. The first kappa shape index (κ1) is 34.3. The second kappa shape index (κ2) is 22.8. The van der Waals surface area contributed by atoms with E-state index in [1.165, 1.54) is 89.9 Å². The fraction of sp³-hybridized carbons (Fsp3) is 0.774. The fourth-order valence-corrected chi connectivity index (χ4v) is 5.54. The SMILES string of the molecule is C=C(CCCCCCCCC/C=C\CCCCCCCC)NC1=NC=NC2C1N=CN2CCOC[P+](=O)OCC. The minimum Gasteiger partial charge on any atom is -0.346 e. The summed E-state index contributed by atoms with van der Waals surface area (Å²) >= 11 is 0. The Morgan fingerprint density at radius 2 is 1.62 bits per heavy atom. The lowest BCUT2D eigenvalue weighted by Crippen LogP contribution is -2.46. The summed E-state index contributed by atoms with van der Waals surface area (Å²) in [5, 5.41) is 3.39. The molecule has 3 atom stereocenters. The number of amidine groups is 1. The van der Waals surface area contributed by atoms with Crippen molar-refractivity contribution in [2.45, 2.75) is 129 Å². The Labute approximate surface area is 244 Å². The summed E-state index contributed by atoms with van der Waals surface area (Å²) in [6, 6.07) is -0.160. The average molecular weight is 577 g/mol. The molecule has 0 fully saturated rings. The van der Waals surface area contributed by atoms with Crippen LogP contribution >= 0.6 is 8.03 Å². The molecule has 0 bridgehead atoms. The predicted molar refractivity (Wildman–Crippen MR) is 170 cm³/mol. The molecule has 0 saturated heterocycles. The van der Waals surface area contributed by atoms with Gasteiger partial charge >= 0.3 is 8.03 Å². The van der Waals surface area contributed by atoms with E-state index in [0.29, 0.717) is 19.8 Å². The zero-order chi connectivity index (χ0) is 28.7. The molecule has 3 unspecified atom stereocenters. The number of allylic oxidation sites excluding steroid dienone is 3. The molecule has 0 aromatic heterocycles. The van der Waals surface area contributed by atoms with Gasteiger partial charge in [-0.1, -0.05) is 89.9 Å². The van der Waals surface area contributed by atoms with E-state index in [0.717, 1.165) is 24.4 Å². The summed E-state index contributed by atoms with van der Waals surface area (Å²) in [5.41, 5.74) is 0.984. The van der Waals surface area contributed by atoms with Crippen molar-refractivity contribution >= 4 is 26.5 Å². The van der Waals surface area contributed by atoms with Gasteiger partial charge in [0.1, 0.15) is 18.2 Å². The van der Waals surface area contributed by atoms with Gasteiger partial charge in [0.15, 0.2) is 6.17 Å². The van der Waals surface area contributed by atoms with Crippen molar-refractivity contribution in [3.05, 3.63) is 24.4 Å². The van der Waals surface area contributed by atoms with Crippen LogP contribution < -0.4 is 5.32 Å². The number of rotatable bonds is 25. The van der Waals surface area contributed by atoms with Crippen LogP contribution in [0, 0.1) is 0 Å². The summed E-state index contributed by atoms with van der Waals surface area (Å²) in [6.07, 6.45) is 28.9. The number of hydrogen-bond donors (Lipinski definition) is 1. The summed E-state index contributed by atoms with van der Waals surface area (Å²) < 4.78 is 22.1. The molecule has 0 amide bonds. The molecule has 40 heavy (non-hydrogen) atoms. The topological polar surface area (TPSA) is 87.9 Å². The van der Waals surface area contributed by atoms with Crippen LogP contribution in [0.1, 0.15) is 117 Å². The number of unbranched alkanes of at least 4 members (excludes halogenated alkanes) is 13. The first-order chi connectivity index (χ1) is 19.7. The van der Waals surface area contributed by atoms with Gasteiger partial charge in [0.25, 0.3) is 6.35 Å². The Morgan fingerprint density at radius 1 is 0.975 bits per heavy atom. The number of hydrogen-bond acceptors (Lipinski definition) is 8. The summed E-state index contributed by atoms with van der Waals surface area (Å²) in [7, 11) is -1.75. The van der Waals surface area contributed by atoms with Gasteiger partial charge in [-0.05, 0) is 50.0 Å². The van der Waals surface area contributed by atoms with Crippen LogP contribution in [0.2, 0.25) is 0 Å². The van der Waals surface area contributed by atoms with Crippen LogP contribution in [0.4, 0.5) is 0 Å². The van der Waals surface area contributed by atoms with Crippen molar-refractivity contribution in [2.24, 2.45) is 15.0 Å². The van der Waals surface area contributed by atoms with Crippen molar-refractivity contribution in [2.75, 3.05) is 26.1 Å². The van der Waals surface area contributed by atoms with Crippen LogP contribution in [-0.2, 0) is 13.8 Å². The first-order valence-corrected chi connectivity index (χ1v) is 17.2. The molecule has 226 valence electrons. The third-order valence-corrected chi connectivity index (χ3v) is 8.14. The lowest BCUT2D eigenvalue weighted by Gasteiger charge is -2.27. The maximum atomic E-state index is 11.6. The van der Waals surface area contributed by atoms with E-state index in [1.807, 2.05) is 11.8 Å². The van der Waals surface area contributed by atoms with E-state index in [4.69, 9.17) is 9.26 Å².